The van der Waals surface area contributed by atoms with Gasteiger partial charge in [-0.3, -0.25) is 9.59 Å². The van der Waals surface area contributed by atoms with Gasteiger partial charge in [0.25, 0.3) is 11.8 Å². The molecule has 0 unspecified atom stereocenters. The highest BCUT2D eigenvalue weighted by Crippen LogP contribution is 2.27. The van der Waals surface area contributed by atoms with Crippen molar-refractivity contribution >= 4 is 17.9 Å². The Morgan fingerprint density at radius 3 is 2.38 bits per heavy atom. The summed E-state index contributed by atoms with van der Waals surface area (Å²) in [5, 5.41) is 5.41. The van der Waals surface area contributed by atoms with Gasteiger partial charge in [0, 0.05) is 11.6 Å². The van der Waals surface area contributed by atoms with Crippen LogP contribution in [0.4, 0.5) is 4.39 Å². The summed E-state index contributed by atoms with van der Waals surface area (Å²) >= 11 is 0. The number of carbonyl (C=O) groups excluding carboxylic acids is 2. The zero-order valence-corrected chi connectivity index (χ0v) is 17.8. The van der Waals surface area contributed by atoms with Crippen molar-refractivity contribution in [1.82, 2.24) is 10.6 Å². The third-order valence-electron chi connectivity index (χ3n) is 4.69. The molecule has 1 atom stereocenters. The number of hydrogen-bond acceptors (Lipinski definition) is 5. The highest BCUT2D eigenvalue weighted by molar-refractivity contribution is 6.05. The lowest BCUT2D eigenvalue weighted by Gasteiger charge is -2.17. The zero-order valence-electron chi connectivity index (χ0n) is 17.8. The minimum absolute atomic E-state index is 0.0197. The van der Waals surface area contributed by atoms with Gasteiger partial charge >= 0.3 is 0 Å². The number of rotatable bonds is 8. The lowest BCUT2D eigenvalue weighted by Crippen LogP contribution is -2.36. The van der Waals surface area contributed by atoms with Crippen molar-refractivity contribution in [3.05, 3.63) is 89.3 Å². The minimum Gasteiger partial charge on any atom is -0.493 e. The smallest absolute Gasteiger partial charge is 0.268 e. The lowest BCUT2D eigenvalue weighted by atomic mass is 10.1. The van der Waals surface area contributed by atoms with Crippen LogP contribution in [0.5, 0.6) is 11.5 Å². The molecule has 0 saturated carbocycles. The monoisotopic (exact) mass is 438 g/mol. The normalized spacial score (nSPS) is 12.1. The van der Waals surface area contributed by atoms with Gasteiger partial charge in [-0.05, 0) is 55.0 Å². The minimum atomic E-state index is -0.535. The molecule has 3 aromatic rings. The van der Waals surface area contributed by atoms with Crippen molar-refractivity contribution in [3.8, 4) is 11.5 Å². The quantitative estimate of drug-likeness (QED) is 0.517. The number of ether oxygens (including phenoxy) is 2. The van der Waals surface area contributed by atoms with Gasteiger partial charge in [0.15, 0.2) is 11.5 Å². The predicted octanol–water partition coefficient (Wildman–Crippen LogP) is 4.08. The van der Waals surface area contributed by atoms with Crippen molar-refractivity contribution in [1.29, 1.82) is 0 Å². The average Bonchev–Trinajstić information content (AvgIpc) is 3.31. The first kappa shape index (κ1) is 22.6. The number of nitrogens with one attached hydrogen (secondary N) is 2. The van der Waals surface area contributed by atoms with E-state index in [4.69, 9.17) is 13.9 Å². The van der Waals surface area contributed by atoms with E-state index in [0.29, 0.717) is 22.8 Å². The molecule has 32 heavy (non-hydrogen) atoms. The SMILES string of the molecule is COc1ccc(C(=O)N/C(=C\c2ccco2)C(=O)N[C@H](C)c2ccc(F)cc2)cc1OC. The molecule has 0 aliphatic heterocycles. The third kappa shape index (κ3) is 5.54. The lowest BCUT2D eigenvalue weighted by molar-refractivity contribution is -0.118. The third-order valence-corrected chi connectivity index (χ3v) is 4.69. The number of halogens is 1. The van der Waals surface area contributed by atoms with E-state index in [-0.39, 0.29) is 17.1 Å². The van der Waals surface area contributed by atoms with Crippen LogP contribution in [-0.4, -0.2) is 26.0 Å². The van der Waals surface area contributed by atoms with Crippen molar-refractivity contribution in [3.63, 3.8) is 0 Å². The average molecular weight is 438 g/mol. The van der Waals surface area contributed by atoms with Gasteiger partial charge in [0.2, 0.25) is 0 Å². The molecular formula is C24H23FN2O5. The van der Waals surface area contributed by atoms with Crippen LogP contribution in [0, 0.1) is 5.82 Å². The van der Waals surface area contributed by atoms with Crippen LogP contribution < -0.4 is 20.1 Å². The Hall–Kier alpha value is -4.07. The molecule has 0 radical (unpaired) electrons. The second-order valence-electron chi connectivity index (χ2n) is 6.84. The van der Waals surface area contributed by atoms with Crippen LogP contribution in [0.15, 0.2) is 71.0 Å². The molecule has 0 aliphatic rings. The molecular weight excluding hydrogens is 415 g/mol. The van der Waals surface area contributed by atoms with E-state index >= 15 is 0 Å². The number of methoxy groups -OCH3 is 2. The summed E-state index contributed by atoms with van der Waals surface area (Å²) in [4.78, 5) is 25.8. The van der Waals surface area contributed by atoms with Crippen LogP contribution >= 0.6 is 0 Å². The van der Waals surface area contributed by atoms with Crippen LogP contribution in [-0.2, 0) is 4.79 Å². The van der Waals surface area contributed by atoms with Crippen LogP contribution in [0.1, 0.15) is 34.6 Å². The molecule has 2 aromatic carbocycles. The summed E-state index contributed by atoms with van der Waals surface area (Å²) in [7, 11) is 2.96. The van der Waals surface area contributed by atoms with Crippen LogP contribution in [0.3, 0.4) is 0 Å². The predicted molar refractivity (Wildman–Crippen MR) is 117 cm³/mol. The highest BCUT2D eigenvalue weighted by atomic mass is 19.1. The molecule has 0 bridgehead atoms. The maximum atomic E-state index is 13.2. The summed E-state index contributed by atoms with van der Waals surface area (Å²) in [5.41, 5.74) is 0.962. The molecule has 0 aliphatic carbocycles. The number of furan rings is 1. The summed E-state index contributed by atoms with van der Waals surface area (Å²) in [5.74, 6) is -0.183. The summed E-state index contributed by atoms with van der Waals surface area (Å²) in [6, 6.07) is 13.3. The van der Waals surface area contributed by atoms with Gasteiger partial charge < -0.3 is 24.5 Å². The van der Waals surface area contributed by atoms with Crippen molar-refractivity contribution < 1.29 is 27.9 Å². The van der Waals surface area contributed by atoms with Gasteiger partial charge in [-0.2, -0.15) is 0 Å². The Morgan fingerprint density at radius 2 is 1.75 bits per heavy atom. The zero-order chi connectivity index (χ0) is 23.1. The van der Waals surface area contributed by atoms with E-state index in [0.717, 1.165) is 0 Å². The van der Waals surface area contributed by atoms with Crippen molar-refractivity contribution in [2.24, 2.45) is 0 Å². The number of hydrogen-bond donors (Lipinski definition) is 2. The van der Waals surface area contributed by atoms with E-state index in [9.17, 15) is 14.0 Å². The van der Waals surface area contributed by atoms with E-state index in [1.807, 2.05) is 0 Å². The second kappa shape index (κ2) is 10.3. The van der Waals surface area contributed by atoms with Gasteiger partial charge in [-0.1, -0.05) is 12.1 Å². The molecule has 0 saturated heterocycles. The Morgan fingerprint density at radius 1 is 1.03 bits per heavy atom. The van der Waals surface area contributed by atoms with Crippen LogP contribution in [0.25, 0.3) is 6.08 Å². The van der Waals surface area contributed by atoms with Gasteiger partial charge in [0.05, 0.1) is 26.5 Å². The molecule has 0 fully saturated rings. The summed E-state index contributed by atoms with van der Waals surface area (Å²) in [6.07, 6.45) is 2.88. The molecule has 1 heterocycles. The van der Waals surface area contributed by atoms with E-state index in [1.54, 1.807) is 43.3 Å². The fourth-order valence-electron chi connectivity index (χ4n) is 2.96. The van der Waals surface area contributed by atoms with Crippen molar-refractivity contribution in [2.75, 3.05) is 14.2 Å². The second-order valence-corrected chi connectivity index (χ2v) is 6.84. The topological polar surface area (TPSA) is 89.8 Å². The standard InChI is InChI=1S/C24H23FN2O5/c1-15(16-6-9-18(25)10-7-16)26-24(29)20(14-19-5-4-12-32-19)27-23(28)17-8-11-21(30-2)22(13-17)31-3/h4-15H,1-3H3,(H,26,29)(H,27,28)/b20-14-/t15-/m1/s1. The Labute approximate surface area is 184 Å². The number of amides is 2. The van der Waals surface area contributed by atoms with E-state index in [1.165, 1.54) is 44.8 Å². The molecule has 3 rings (SSSR count). The molecule has 1 aromatic heterocycles. The highest BCUT2D eigenvalue weighted by Gasteiger charge is 2.19. The molecule has 2 N–H and O–H groups in total. The first-order valence-electron chi connectivity index (χ1n) is 9.76. The summed E-state index contributed by atoms with van der Waals surface area (Å²) in [6.45, 7) is 1.76. The van der Waals surface area contributed by atoms with Gasteiger partial charge in [-0.25, -0.2) is 4.39 Å². The number of benzene rings is 2. The van der Waals surface area contributed by atoms with Crippen molar-refractivity contribution in [2.45, 2.75) is 13.0 Å². The Bertz CT molecular complexity index is 1110. The maximum Gasteiger partial charge on any atom is 0.268 e. The Balaban J connectivity index is 1.82. The first-order chi connectivity index (χ1) is 15.4. The molecule has 0 spiro atoms. The van der Waals surface area contributed by atoms with Crippen LogP contribution in [0.2, 0.25) is 0 Å². The maximum absolute atomic E-state index is 13.2. The molecule has 7 nitrogen and oxygen atoms in total. The largest absolute Gasteiger partial charge is 0.493 e. The Kier molecular flexibility index (Phi) is 7.28. The van der Waals surface area contributed by atoms with Gasteiger partial charge in [0.1, 0.15) is 17.3 Å². The fraction of sp³-hybridized carbons (Fsp3) is 0.167. The molecule has 166 valence electrons. The summed E-state index contributed by atoms with van der Waals surface area (Å²) < 4.78 is 28.9. The molecule has 8 heteroatoms. The van der Waals surface area contributed by atoms with E-state index < -0.39 is 17.9 Å². The molecule has 2 amide bonds. The van der Waals surface area contributed by atoms with Gasteiger partial charge in [-0.15, -0.1) is 0 Å². The van der Waals surface area contributed by atoms with E-state index in [2.05, 4.69) is 10.6 Å². The fourth-order valence-corrected chi connectivity index (χ4v) is 2.96. The first-order valence-corrected chi connectivity index (χ1v) is 9.76. The number of carbonyl (C=O) groups is 2.